The summed E-state index contributed by atoms with van der Waals surface area (Å²) in [6.07, 6.45) is 5.71. The van der Waals surface area contributed by atoms with Crippen LogP contribution in [0.4, 0.5) is 0 Å². The number of aromatic nitrogens is 2. The Labute approximate surface area is 118 Å². The van der Waals surface area contributed by atoms with Gasteiger partial charge in [0.25, 0.3) is 0 Å². The Morgan fingerprint density at radius 3 is 2.60 bits per heavy atom. The van der Waals surface area contributed by atoms with Crippen LogP contribution in [0.5, 0.6) is 0 Å². The van der Waals surface area contributed by atoms with Crippen molar-refractivity contribution in [2.75, 3.05) is 7.05 Å². The van der Waals surface area contributed by atoms with Crippen LogP contribution in [0.1, 0.15) is 22.7 Å². The molecule has 1 atom stereocenters. The number of rotatable bonds is 3. The number of hydrogen-bond donors (Lipinski definition) is 1. The molecule has 0 radical (unpaired) electrons. The number of hydrogen-bond acceptors (Lipinski definition) is 3. The fourth-order valence-electron chi connectivity index (χ4n) is 2.51. The summed E-state index contributed by atoms with van der Waals surface area (Å²) in [6.45, 7) is 2.06. The maximum absolute atomic E-state index is 4.54. The standard InChI is InChI=1S/C17H17N3/c1-12-7-14(10-19-9-12)17(18-2)15-8-13-5-3-4-6-16(13)20-11-15/h3-11,17-18H,1-2H3. The van der Waals surface area contributed by atoms with E-state index in [0.29, 0.717) is 0 Å². The fraction of sp³-hybridized carbons (Fsp3) is 0.176. The summed E-state index contributed by atoms with van der Waals surface area (Å²) in [5.74, 6) is 0. The van der Waals surface area contributed by atoms with Crippen LogP contribution in [-0.2, 0) is 0 Å². The third-order valence-electron chi connectivity index (χ3n) is 3.46. The Kier molecular flexibility index (Phi) is 3.44. The van der Waals surface area contributed by atoms with E-state index >= 15 is 0 Å². The van der Waals surface area contributed by atoms with Gasteiger partial charge in [0.15, 0.2) is 0 Å². The Hall–Kier alpha value is -2.26. The minimum atomic E-state index is 0.111. The molecule has 100 valence electrons. The minimum absolute atomic E-state index is 0.111. The molecule has 3 aromatic rings. The third kappa shape index (κ3) is 2.40. The monoisotopic (exact) mass is 263 g/mol. The predicted octanol–water partition coefficient (Wildman–Crippen LogP) is 3.25. The summed E-state index contributed by atoms with van der Waals surface area (Å²) in [5.41, 5.74) is 4.49. The Morgan fingerprint density at radius 1 is 1.00 bits per heavy atom. The highest BCUT2D eigenvalue weighted by Gasteiger charge is 2.13. The number of para-hydroxylation sites is 1. The fourth-order valence-corrected chi connectivity index (χ4v) is 2.51. The van der Waals surface area contributed by atoms with Gasteiger partial charge in [-0.2, -0.15) is 0 Å². The summed E-state index contributed by atoms with van der Waals surface area (Å²) >= 11 is 0. The molecule has 3 rings (SSSR count). The molecule has 1 unspecified atom stereocenters. The molecule has 0 fully saturated rings. The highest BCUT2D eigenvalue weighted by atomic mass is 14.9. The lowest BCUT2D eigenvalue weighted by molar-refractivity contribution is 0.686. The first-order valence-electron chi connectivity index (χ1n) is 6.71. The van der Waals surface area contributed by atoms with Crippen LogP contribution < -0.4 is 5.32 Å². The molecule has 3 heteroatoms. The number of fused-ring (bicyclic) bond motifs is 1. The zero-order valence-electron chi connectivity index (χ0n) is 11.7. The van der Waals surface area contributed by atoms with E-state index in [4.69, 9.17) is 0 Å². The van der Waals surface area contributed by atoms with E-state index in [1.165, 1.54) is 0 Å². The van der Waals surface area contributed by atoms with E-state index in [9.17, 15) is 0 Å². The van der Waals surface area contributed by atoms with Crippen molar-refractivity contribution in [1.29, 1.82) is 0 Å². The second-order valence-electron chi connectivity index (χ2n) is 4.98. The normalized spacial score (nSPS) is 12.5. The van der Waals surface area contributed by atoms with Gasteiger partial charge in [0.05, 0.1) is 11.6 Å². The van der Waals surface area contributed by atoms with E-state index in [2.05, 4.69) is 40.4 Å². The lowest BCUT2D eigenvalue weighted by Crippen LogP contribution is -2.18. The molecule has 0 saturated heterocycles. The van der Waals surface area contributed by atoms with Gasteiger partial charge in [-0.05, 0) is 42.8 Å². The number of aryl methyl sites for hydroxylation is 1. The Bertz CT molecular complexity index is 737. The molecule has 1 aromatic carbocycles. The minimum Gasteiger partial charge on any atom is -0.309 e. The van der Waals surface area contributed by atoms with Gasteiger partial charge in [0.1, 0.15) is 0 Å². The first-order valence-corrected chi connectivity index (χ1v) is 6.71. The van der Waals surface area contributed by atoms with Crippen molar-refractivity contribution in [1.82, 2.24) is 15.3 Å². The molecule has 2 heterocycles. The van der Waals surface area contributed by atoms with Crippen LogP contribution >= 0.6 is 0 Å². The zero-order chi connectivity index (χ0) is 13.9. The van der Waals surface area contributed by atoms with Crippen LogP contribution in [0.2, 0.25) is 0 Å². The summed E-state index contributed by atoms with van der Waals surface area (Å²) in [5, 5.41) is 4.50. The van der Waals surface area contributed by atoms with E-state index < -0.39 is 0 Å². The lowest BCUT2D eigenvalue weighted by atomic mass is 9.99. The molecule has 0 aliphatic heterocycles. The number of benzene rings is 1. The number of pyridine rings is 2. The molecule has 2 aromatic heterocycles. The van der Waals surface area contributed by atoms with Crippen molar-refractivity contribution in [2.24, 2.45) is 0 Å². The van der Waals surface area contributed by atoms with Crippen LogP contribution in [-0.4, -0.2) is 17.0 Å². The highest BCUT2D eigenvalue weighted by Crippen LogP contribution is 2.24. The molecule has 3 nitrogen and oxygen atoms in total. The average Bonchev–Trinajstić information content (AvgIpc) is 2.48. The predicted molar refractivity (Wildman–Crippen MR) is 81.6 cm³/mol. The van der Waals surface area contributed by atoms with Crippen LogP contribution in [0.25, 0.3) is 10.9 Å². The van der Waals surface area contributed by atoms with Crippen molar-refractivity contribution in [2.45, 2.75) is 13.0 Å². The van der Waals surface area contributed by atoms with E-state index in [-0.39, 0.29) is 6.04 Å². The van der Waals surface area contributed by atoms with Gasteiger partial charge >= 0.3 is 0 Å². The van der Waals surface area contributed by atoms with E-state index in [0.717, 1.165) is 27.6 Å². The van der Waals surface area contributed by atoms with Gasteiger partial charge in [-0.1, -0.05) is 24.3 Å². The van der Waals surface area contributed by atoms with Gasteiger partial charge in [-0.25, -0.2) is 0 Å². The van der Waals surface area contributed by atoms with Crippen molar-refractivity contribution in [3.63, 3.8) is 0 Å². The Morgan fingerprint density at radius 2 is 1.80 bits per heavy atom. The van der Waals surface area contributed by atoms with Crippen LogP contribution in [0.3, 0.4) is 0 Å². The average molecular weight is 263 g/mol. The third-order valence-corrected chi connectivity index (χ3v) is 3.46. The van der Waals surface area contributed by atoms with E-state index in [1.807, 2.05) is 43.8 Å². The molecule has 0 aliphatic carbocycles. The van der Waals surface area contributed by atoms with Crippen molar-refractivity contribution >= 4 is 10.9 Å². The van der Waals surface area contributed by atoms with Crippen molar-refractivity contribution in [3.8, 4) is 0 Å². The SMILES string of the molecule is CNC(c1cncc(C)c1)c1cnc2ccccc2c1. The smallest absolute Gasteiger partial charge is 0.0702 e. The topological polar surface area (TPSA) is 37.8 Å². The first-order chi connectivity index (χ1) is 9.78. The maximum atomic E-state index is 4.54. The first kappa shape index (κ1) is 12.8. The van der Waals surface area contributed by atoms with E-state index in [1.54, 1.807) is 0 Å². The molecule has 0 aliphatic rings. The highest BCUT2D eigenvalue weighted by molar-refractivity contribution is 5.78. The number of nitrogens with one attached hydrogen (secondary N) is 1. The second-order valence-corrected chi connectivity index (χ2v) is 4.98. The summed E-state index contributed by atoms with van der Waals surface area (Å²) in [6, 6.07) is 12.6. The van der Waals surface area contributed by atoms with Crippen molar-refractivity contribution < 1.29 is 0 Å². The van der Waals surface area contributed by atoms with Crippen LogP contribution in [0, 0.1) is 6.92 Å². The summed E-state index contributed by atoms with van der Waals surface area (Å²) in [7, 11) is 1.96. The summed E-state index contributed by atoms with van der Waals surface area (Å²) in [4.78, 5) is 8.82. The van der Waals surface area contributed by atoms with Gasteiger partial charge in [-0.3, -0.25) is 9.97 Å². The van der Waals surface area contributed by atoms with Gasteiger partial charge in [0.2, 0.25) is 0 Å². The molecule has 1 N–H and O–H groups in total. The molecular formula is C17H17N3. The lowest BCUT2D eigenvalue weighted by Gasteiger charge is -2.17. The molecule has 0 spiro atoms. The molecule has 20 heavy (non-hydrogen) atoms. The molecule has 0 amide bonds. The maximum Gasteiger partial charge on any atom is 0.0702 e. The molecule has 0 bridgehead atoms. The molecular weight excluding hydrogens is 246 g/mol. The Balaban J connectivity index is 2.07. The van der Waals surface area contributed by atoms with Crippen LogP contribution in [0.15, 0.2) is 55.0 Å². The van der Waals surface area contributed by atoms with Gasteiger partial charge in [0, 0.05) is 24.0 Å². The quantitative estimate of drug-likeness (QED) is 0.788. The second kappa shape index (κ2) is 5.39. The number of nitrogens with zero attached hydrogens (tertiary/aromatic N) is 2. The largest absolute Gasteiger partial charge is 0.309 e. The van der Waals surface area contributed by atoms with Crippen molar-refractivity contribution in [3.05, 3.63) is 71.7 Å². The van der Waals surface area contributed by atoms with Gasteiger partial charge < -0.3 is 5.32 Å². The zero-order valence-corrected chi connectivity index (χ0v) is 11.7. The van der Waals surface area contributed by atoms with Gasteiger partial charge in [-0.15, -0.1) is 0 Å². The summed E-state index contributed by atoms with van der Waals surface area (Å²) < 4.78 is 0. The molecule has 0 saturated carbocycles.